The summed E-state index contributed by atoms with van der Waals surface area (Å²) in [6.45, 7) is 6.47. The van der Waals surface area contributed by atoms with E-state index >= 15 is 0 Å². The molecule has 0 radical (unpaired) electrons. The second-order valence-corrected chi connectivity index (χ2v) is 4.76. The lowest BCUT2D eigenvalue weighted by molar-refractivity contribution is 0.554. The first kappa shape index (κ1) is 9.72. The highest BCUT2D eigenvalue weighted by Gasteiger charge is 2.47. The predicted molar refractivity (Wildman–Crippen MR) is 60.5 cm³/mol. The molecule has 1 aromatic carbocycles. The summed E-state index contributed by atoms with van der Waals surface area (Å²) < 4.78 is 0. The summed E-state index contributed by atoms with van der Waals surface area (Å²) in [5.74, 6) is 0. The van der Waals surface area contributed by atoms with Gasteiger partial charge in [0.2, 0.25) is 0 Å². The number of rotatable bonds is 2. The fourth-order valence-corrected chi connectivity index (χ4v) is 2.48. The van der Waals surface area contributed by atoms with Crippen molar-refractivity contribution in [3.8, 4) is 0 Å². The average Bonchev–Trinajstić information content (AvgIpc) is 2.84. The Hall–Kier alpha value is -0.820. The first-order valence-corrected chi connectivity index (χ1v) is 5.39. The van der Waals surface area contributed by atoms with Crippen molar-refractivity contribution in [2.75, 3.05) is 0 Å². The van der Waals surface area contributed by atoms with Gasteiger partial charge in [0.05, 0.1) is 0 Å². The van der Waals surface area contributed by atoms with Crippen LogP contribution in [-0.4, -0.2) is 6.04 Å². The van der Waals surface area contributed by atoms with Crippen LogP contribution in [0, 0.1) is 13.8 Å². The quantitative estimate of drug-likeness (QED) is 0.760. The summed E-state index contributed by atoms with van der Waals surface area (Å²) in [6, 6.07) is 7.01. The normalized spacial score (nSPS) is 20.6. The van der Waals surface area contributed by atoms with Gasteiger partial charge in [-0.3, -0.25) is 0 Å². The van der Waals surface area contributed by atoms with Crippen molar-refractivity contribution >= 4 is 0 Å². The minimum Gasteiger partial charge on any atom is -0.327 e. The lowest BCUT2D eigenvalue weighted by atomic mass is 9.86. The smallest absolute Gasteiger partial charge is 0.0108 e. The number of aryl methyl sites for hydroxylation is 2. The highest BCUT2D eigenvalue weighted by molar-refractivity contribution is 5.41. The third kappa shape index (κ3) is 1.36. The van der Waals surface area contributed by atoms with E-state index in [1.54, 1.807) is 0 Å². The Morgan fingerprint density at radius 1 is 1.29 bits per heavy atom. The van der Waals surface area contributed by atoms with Crippen LogP contribution >= 0.6 is 0 Å². The zero-order chi connectivity index (χ0) is 10.3. The van der Waals surface area contributed by atoms with Crippen LogP contribution in [0.2, 0.25) is 0 Å². The Morgan fingerprint density at radius 2 is 1.93 bits per heavy atom. The van der Waals surface area contributed by atoms with Gasteiger partial charge in [0.15, 0.2) is 0 Å². The summed E-state index contributed by atoms with van der Waals surface area (Å²) in [6.07, 6.45) is 2.52. The van der Waals surface area contributed by atoms with E-state index in [1.165, 1.54) is 29.5 Å². The van der Waals surface area contributed by atoms with Crippen LogP contribution in [0.1, 0.15) is 36.5 Å². The van der Waals surface area contributed by atoms with Gasteiger partial charge in [0.1, 0.15) is 0 Å². The van der Waals surface area contributed by atoms with E-state index < -0.39 is 0 Å². The maximum Gasteiger partial charge on any atom is 0.0108 e. The molecule has 1 nitrogen and oxygen atoms in total. The second kappa shape index (κ2) is 3.09. The summed E-state index contributed by atoms with van der Waals surface area (Å²) in [7, 11) is 0. The number of benzene rings is 1. The van der Waals surface area contributed by atoms with Crippen molar-refractivity contribution in [2.45, 2.75) is 45.1 Å². The van der Waals surface area contributed by atoms with E-state index in [0.717, 1.165) is 0 Å². The van der Waals surface area contributed by atoms with Crippen molar-refractivity contribution in [3.63, 3.8) is 0 Å². The SMILES string of the molecule is Cc1ccc(C2(C(C)N)CC2)c(C)c1. The van der Waals surface area contributed by atoms with E-state index in [-0.39, 0.29) is 6.04 Å². The lowest BCUT2D eigenvalue weighted by Gasteiger charge is -2.22. The largest absolute Gasteiger partial charge is 0.327 e. The molecule has 1 aliphatic carbocycles. The Bertz CT molecular complexity index is 348. The second-order valence-electron chi connectivity index (χ2n) is 4.76. The predicted octanol–water partition coefficient (Wildman–Crippen LogP) is 2.68. The number of hydrogen-bond acceptors (Lipinski definition) is 1. The molecule has 14 heavy (non-hydrogen) atoms. The molecular formula is C13H19N. The fourth-order valence-electron chi connectivity index (χ4n) is 2.48. The molecule has 1 unspecified atom stereocenters. The highest BCUT2D eigenvalue weighted by Crippen LogP contribution is 2.51. The third-order valence-electron chi connectivity index (χ3n) is 3.58. The number of nitrogens with two attached hydrogens (primary N) is 1. The van der Waals surface area contributed by atoms with Gasteiger partial charge in [0.25, 0.3) is 0 Å². The van der Waals surface area contributed by atoms with Crippen LogP contribution in [0.5, 0.6) is 0 Å². The zero-order valence-electron chi connectivity index (χ0n) is 9.30. The molecule has 0 heterocycles. The van der Waals surface area contributed by atoms with Crippen LogP contribution < -0.4 is 5.73 Å². The van der Waals surface area contributed by atoms with Gasteiger partial charge in [0, 0.05) is 11.5 Å². The van der Waals surface area contributed by atoms with E-state index in [0.29, 0.717) is 5.41 Å². The van der Waals surface area contributed by atoms with Gasteiger partial charge >= 0.3 is 0 Å². The Kier molecular flexibility index (Phi) is 2.15. The average molecular weight is 189 g/mol. The van der Waals surface area contributed by atoms with E-state index in [9.17, 15) is 0 Å². The molecular weight excluding hydrogens is 170 g/mol. The molecule has 0 saturated heterocycles. The molecule has 1 saturated carbocycles. The van der Waals surface area contributed by atoms with Crippen LogP contribution in [0.4, 0.5) is 0 Å². The lowest BCUT2D eigenvalue weighted by Crippen LogP contribution is -2.32. The van der Waals surface area contributed by atoms with Crippen LogP contribution in [0.15, 0.2) is 18.2 Å². The van der Waals surface area contributed by atoms with Crippen LogP contribution in [0.25, 0.3) is 0 Å². The molecule has 1 atom stereocenters. The molecule has 0 spiro atoms. The molecule has 1 aromatic rings. The molecule has 76 valence electrons. The first-order chi connectivity index (χ1) is 6.56. The maximum absolute atomic E-state index is 6.07. The summed E-state index contributed by atoms with van der Waals surface area (Å²) >= 11 is 0. The van der Waals surface area contributed by atoms with E-state index in [4.69, 9.17) is 5.73 Å². The van der Waals surface area contributed by atoms with Gasteiger partial charge in [-0.1, -0.05) is 23.8 Å². The zero-order valence-corrected chi connectivity index (χ0v) is 9.30. The topological polar surface area (TPSA) is 26.0 Å². The van der Waals surface area contributed by atoms with Crippen molar-refractivity contribution in [3.05, 3.63) is 34.9 Å². The van der Waals surface area contributed by atoms with Gasteiger partial charge in [-0.2, -0.15) is 0 Å². The number of hydrogen-bond donors (Lipinski definition) is 1. The van der Waals surface area contributed by atoms with Gasteiger partial charge < -0.3 is 5.73 Å². The Balaban J connectivity index is 2.42. The summed E-state index contributed by atoms with van der Waals surface area (Å²) in [4.78, 5) is 0. The van der Waals surface area contributed by atoms with Crippen molar-refractivity contribution in [2.24, 2.45) is 5.73 Å². The van der Waals surface area contributed by atoms with Crippen molar-refractivity contribution in [1.29, 1.82) is 0 Å². The molecule has 0 bridgehead atoms. The molecule has 1 aliphatic rings. The van der Waals surface area contributed by atoms with Gasteiger partial charge in [-0.05, 0) is 44.7 Å². The van der Waals surface area contributed by atoms with Crippen LogP contribution in [-0.2, 0) is 5.41 Å². The Labute approximate surface area is 86.3 Å². The molecule has 0 aliphatic heterocycles. The molecule has 2 N–H and O–H groups in total. The van der Waals surface area contributed by atoms with Gasteiger partial charge in [-0.25, -0.2) is 0 Å². The Morgan fingerprint density at radius 3 is 2.36 bits per heavy atom. The maximum atomic E-state index is 6.07. The van der Waals surface area contributed by atoms with Crippen molar-refractivity contribution < 1.29 is 0 Å². The van der Waals surface area contributed by atoms with E-state index in [2.05, 4.69) is 39.0 Å². The van der Waals surface area contributed by atoms with E-state index in [1.807, 2.05) is 0 Å². The molecule has 0 aromatic heterocycles. The molecule has 1 heteroatoms. The minimum atomic E-state index is 0.281. The first-order valence-electron chi connectivity index (χ1n) is 5.39. The summed E-state index contributed by atoms with van der Waals surface area (Å²) in [5, 5.41) is 0. The molecule has 2 rings (SSSR count). The standard InChI is InChI=1S/C13H19N/c1-9-4-5-12(10(2)8-9)13(6-7-13)11(3)14/h4-5,8,11H,6-7,14H2,1-3H3. The third-order valence-corrected chi connectivity index (χ3v) is 3.58. The fraction of sp³-hybridized carbons (Fsp3) is 0.538. The monoisotopic (exact) mass is 189 g/mol. The van der Waals surface area contributed by atoms with Gasteiger partial charge in [-0.15, -0.1) is 0 Å². The van der Waals surface area contributed by atoms with Crippen LogP contribution in [0.3, 0.4) is 0 Å². The van der Waals surface area contributed by atoms with Crippen molar-refractivity contribution in [1.82, 2.24) is 0 Å². The summed E-state index contributed by atoms with van der Waals surface area (Å²) in [5.41, 5.74) is 10.6. The molecule has 0 amide bonds. The highest BCUT2D eigenvalue weighted by atomic mass is 14.7. The molecule has 1 fully saturated rings. The minimum absolute atomic E-state index is 0.281.